The van der Waals surface area contributed by atoms with Crippen LogP contribution in [0.3, 0.4) is 0 Å². The summed E-state index contributed by atoms with van der Waals surface area (Å²) in [5, 5.41) is 21.4. The van der Waals surface area contributed by atoms with Crippen molar-refractivity contribution in [3.05, 3.63) is 77.3 Å². The van der Waals surface area contributed by atoms with Gasteiger partial charge >= 0.3 is 17.9 Å². The first-order chi connectivity index (χ1) is 31.0. The lowest BCUT2D eigenvalue weighted by molar-refractivity contribution is -0.228. The van der Waals surface area contributed by atoms with Crippen molar-refractivity contribution in [2.24, 2.45) is 17.3 Å². The topological polar surface area (TPSA) is 163 Å². The van der Waals surface area contributed by atoms with E-state index in [0.29, 0.717) is 68.1 Å². The first-order valence-corrected chi connectivity index (χ1v) is 22.7. The van der Waals surface area contributed by atoms with Gasteiger partial charge in [0.15, 0.2) is 6.10 Å². The number of ether oxygens (including phenoxy) is 4. The minimum absolute atomic E-state index is 0.121. The molecule has 14 nitrogen and oxygen atoms in total. The molecule has 2 aromatic carbocycles. The van der Waals surface area contributed by atoms with Crippen molar-refractivity contribution in [3.8, 4) is 16.9 Å². The van der Waals surface area contributed by atoms with E-state index in [1.54, 1.807) is 6.20 Å². The molecule has 3 fully saturated rings. The lowest BCUT2D eigenvalue weighted by atomic mass is 9.47. The molecule has 6 aliphatic rings. The van der Waals surface area contributed by atoms with E-state index < -0.39 is 63.7 Å². The lowest BCUT2D eigenvalue weighted by Gasteiger charge is -2.63. The van der Waals surface area contributed by atoms with Gasteiger partial charge in [0, 0.05) is 109 Å². The number of alkyl halides is 2. The van der Waals surface area contributed by atoms with Crippen LogP contribution >= 0.6 is 0 Å². The molecule has 0 amide bonds. The molecule has 10 atom stereocenters. The van der Waals surface area contributed by atoms with Crippen molar-refractivity contribution < 1.29 is 47.2 Å². The second-order valence-corrected chi connectivity index (χ2v) is 19.5. The number of fused-ring (bicyclic) bond motifs is 6. The Labute approximate surface area is 376 Å². The van der Waals surface area contributed by atoms with Crippen molar-refractivity contribution >= 4 is 34.5 Å². The van der Waals surface area contributed by atoms with Gasteiger partial charge in [-0.25, -0.2) is 13.6 Å². The Morgan fingerprint density at radius 1 is 1.02 bits per heavy atom. The summed E-state index contributed by atoms with van der Waals surface area (Å²) in [6.45, 7) is 6.67. The van der Waals surface area contributed by atoms with Crippen LogP contribution in [0, 0.1) is 17.3 Å². The molecule has 6 unspecified atom stereocenters. The highest BCUT2D eigenvalue weighted by Crippen LogP contribution is 2.68. The monoisotopic (exact) mass is 896 g/mol. The second-order valence-electron chi connectivity index (χ2n) is 19.5. The van der Waals surface area contributed by atoms with Gasteiger partial charge in [0.05, 0.1) is 33.6 Å². The van der Waals surface area contributed by atoms with Crippen LogP contribution < -0.4 is 9.64 Å². The molecule has 1 spiro atoms. The highest BCUT2D eigenvalue weighted by molar-refractivity contribution is 5.96. The van der Waals surface area contributed by atoms with Crippen LogP contribution in [-0.2, 0) is 45.8 Å². The van der Waals surface area contributed by atoms with E-state index in [4.69, 9.17) is 18.9 Å². The van der Waals surface area contributed by atoms with Gasteiger partial charge in [-0.15, -0.1) is 0 Å². The molecule has 2 saturated heterocycles. The Bertz CT molecular complexity index is 2610. The number of methoxy groups -OCH3 is 3. The molecule has 10 rings (SSSR count). The van der Waals surface area contributed by atoms with Crippen molar-refractivity contribution in [1.29, 1.82) is 0 Å². The van der Waals surface area contributed by atoms with Crippen LogP contribution in [0.2, 0.25) is 0 Å². The summed E-state index contributed by atoms with van der Waals surface area (Å²) in [4.78, 5) is 53.2. The Kier molecular flexibility index (Phi) is 10.1. The number of anilines is 1. The molecule has 2 aromatic heterocycles. The number of hydrogen-bond donors (Lipinski definition) is 3. The minimum Gasteiger partial charge on any atom is -0.496 e. The third kappa shape index (κ3) is 5.90. The maximum atomic E-state index is 15.5. The number of H-pyrrole nitrogens is 2. The van der Waals surface area contributed by atoms with Crippen molar-refractivity contribution in [1.82, 2.24) is 25.0 Å². The number of carbonyl (C=O) groups excluding carboxylic acids is 3. The molecule has 2 bridgehead atoms. The van der Waals surface area contributed by atoms with Gasteiger partial charge in [-0.05, 0) is 86.4 Å². The zero-order valence-electron chi connectivity index (χ0n) is 38.0. The van der Waals surface area contributed by atoms with Gasteiger partial charge in [-0.2, -0.15) is 5.10 Å². The maximum Gasteiger partial charge on any atom is 0.344 e. The number of aromatic amines is 2. The van der Waals surface area contributed by atoms with Crippen LogP contribution in [0.4, 0.5) is 14.5 Å². The van der Waals surface area contributed by atoms with E-state index in [1.807, 2.05) is 61.5 Å². The second kappa shape index (κ2) is 15.1. The SMILES string of the molecule is CC[C@@]12C=CCN3CCC4(c5cc([C@@]6(C(=O)OC)CC7CC(C(C)(F)F)CN(CCc8c6[nH]c6ccc(-c9cn[nH]c9)cc86)C7)c(OC)cc5N(C)C4[C@](O)(C(=O)OC)[C@H]1OC(C)=O)C32. The molecule has 1 saturated carbocycles. The van der Waals surface area contributed by atoms with Gasteiger partial charge in [0.25, 0.3) is 0 Å². The van der Waals surface area contributed by atoms with E-state index in [9.17, 15) is 14.7 Å². The number of aromatic nitrogens is 3. The Morgan fingerprint density at radius 2 is 1.80 bits per heavy atom. The maximum absolute atomic E-state index is 15.5. The van der Waals surface area contributed by atoms with E-state index in [1.165, 1.54) is 28.3 Å². The zero-order valence-corrected chi connectivity index (χ0v) is 38.0. The van der Waals surface area contributed by atoms with Crippen molar-refractivity contribution in [2.45, 2.75) is 93.4 Å². The lowest BCUT2D eigenvalue weighted by Crippen LogP contribution is -2.81. The fourth-order valence-corrected chi connectivity index (χ4v) is 14.1. The van der Waals surface area contributed by atoms with Crippen molar-refractivity contribution in [3.63, 3.8) is 0 Å². The molecule has 16 heteroatoms. The highest BCUT2D eigenvalue weighted by Gasteiger charge is 2.80. The first-order valence-electron chi connectivity index (χ1n) is 22.7. The number of halogens is 2. The fourth-order valence-electron chi connectivity index (χ4n) is 14.1. The minimum atomic E-state index is -2.96. The van der Waals surface area contributed by atoms with Gasteiger partial charge < -0.3 is 38.8 Å². The molecule has 5 aliphatic heterocycles. The number of nitrogens with one attached hydrogen (secondary N) is 2. The molecule has 346 valence electrons. The standard InChI is InChI=1S/C49H58F2N6O8/c1-8-46-13-9-15-57-17-14-47(40(46)57)34-20-35(38(62-5)21-37(34)55(4)41(47)49(61,44(60)64-7)42(46)65-27(2)58)48(43(59)63-6)22-28-18-31(45(3,50)51)26-56(25-28)16-12-32-33-19-29(30-23-52-53-24-30)10-11-36(33)54-39(32)48/h9-11,13,19-21,23-24,28,31,40-42,54,61H,8,12,14-18,22,25-26H2,1-7H3,(H,52,53)/t28?,31?,40?,41?,42-,46-,47?,48-,49+/m0/s1. The van der Waals surface area contributed by atoms with Gasteiger partial charge in [-0.3, -0.25) is 19.6 Å². The van der Waals surface area contributed by atoms with E-state index in [2.05, 4.69) is 31.0 Å². The fraction of sp³-hybridized carbons (Fsp3) is 0.551. The van der Waals surface area contributed by atoms with E-state index in [0.717, 1.165) is 40.1 Å². The molecule has 3 N–H and O–H groups in total. The summed E-state index contributed by atoms with van der Waals surface area (Å²) < 4.78 is 55.0. The summed E-state index contributed by atoms with van der Waals surface area (Å²) >= 11 is 0. The number of likely N-dealkylation sites (N-methyl/N-ethyl adjacent to an activating group) is 1. The number of esters is 3. The van der Waals surface area contributed by atoms with Crippen LogP contribution in [0.1, 0.15) is 68.8 Å². The molecule has 65 heavy (non-hydrogen) atoms. The van der Waals surface area contributed by atoms with Gasteiger partial charge in [0.2, 0.25) is 11.5 Å². The van der Waals surface area contributed by atoms with Crippen LogP contribution in [0.15, 0.2) is 54.9 Å². The number of aliphatic hydroxyl groups is 1. The number of hydrogen-bond acceptors (Lipinski definition) is 12. The molecule has 0 radical (unpaired) electrons. The third-order valence-electron chi connectivity index (χ3n) is 16.5. The number of carbonyl (C=O) groups is 3. The van der Waals surface area contributed by atoms with Gasteiger partial charge in [-0.1, -0.05) is 25.1 Å². The quantitative estimate of drug-likeness (QED) is 0.116. The average molecular weight is 897 g/mol. The predicted octanol–water partition coefficient (Wildman–Crippen LogP) is 5.51. The molecule has 1 aliphatic carbocycles. The third-order valence-corrected chi connectivity index (χ3v) is 16.5. The largest absolute Gasteiger partial charge is 0.496 e. The smallest absolute Gasteiger partial charge is 0.344 e. The summed E-state index contributed by atoms with van der Waals surface area (Å²) in [5.41, 5.74) is -0.0176. The van der Waals surface area contributed by atoms with Crippen LogP contribution in [-0.4, -0.2) is 139 Å². The molecular formula is C49H58F2N6O8. The van der Waals surface area contributed by atoms with E-state index in [-0.39, 0.29) is 31.3 Å². The predicted molar refractivity (Wildman–Crippen MR) is 237 cm³/mol. The summed E-state index contributed by atoms with van der Waals surface area (Å²) in [5.74, 6) is -6.06. The van der Waals surface area contributed by atoms with Crippen molar-refractivity contribution in [2.75, 3.05) is 66.0 Å². The molecule has 4 aromatic rings. The number of benzene rings is 2. The Hall–Kier alpha value is -5.32. The summed E-state index contributed by atoms with van der Waals surface area (Å²) in [6, 6.07) is 8.59. The first kappa shape index (κ1) is 43.6. The van der Waals surface area contributed by atoms with Crippen LogP contribution in [0.5, 0.6) is 5.75 Å². The molecule has 7 heterocycles. The zero-order chi connectivity index (χ0) is 46.0. The summed E-state index contributed by atoms with van der Waals surface area (Å²) in [6.07, 6.45) is 7.96. The van der Waals surface area contributed by atoms with E-state index >= 15 is 13.6 Å². The van der Waals surface area contributed by atoms with Gasteiger partial charge in [0.1, 0.15) is 11.2 Å². The molecular weight excluding hydrogens is 839 g/mol. The average Bonchev–Trinajstić information content (AvgIpc) is 4.10. The number of rotatable bonds is 8. The highest BCUT2D eigenvalue weighted by atomic mass is 19.3. The van der Waals surface area contributed by atoms with Crippen LogP contribution in [0.25, 0.3) is 22.0 Å². The normalized spacial score (nSPS) is 33.8. The Morgan fingerprint density at radius 3 is 2.48 bits per heavy atom. The summed E-state index contributed by atoms with van der Waals surface area (Å²) in [7, 11) is 5.95. The Balaban J connectivity index is 1.28. The number of piperidine rings is 1. The number of nitrogens with zero attached hydrogens (tertiary/aromatic N) is 4.